The molecule has 3 N–H and O–H groups in total. The third-order valence-corrected chi connectivity index (χ3v) is 5.26. The van der Waals surface area contributed by atoms with Crippen molar-refractivity contribution >= 4 is 44.9 Å². The van der Waals surface area contributed by atoms with Crippen LogP contribution in [0.1, 0.15) is 28.9 Å². The average molecular weight is 481 g/mol. The molecular weight excluding hydrogens is 456 g/mol. The normalized spacial score (nSPS) is 11.4. The van der Waals surface area contributed by atoms with E-state index in [2.05, 4.69) is 31.9 Å². The zero-order valence-electron chi connectivity index (χ0n) is 17.6. The van der Waals surface area contributed by atoms with Gasteiger partial charge in [-0.15, -0.1) is 0 Å². The van der Waals surface area contributed by atoms with Gasteiger partial charge in [0.25, 0.3) is 5.91 Å². The van der Waals surface area contributed by atoms with Crippen molar-refractivity contribution in [1.29, 1.82) is 0 Å². The lowest BCUT2D eigenvalue weighted by Gasteiger charge is -2.20. The Morgan fingerprint density at radius 2 is 1.48 bits per heavy atom. The Morgan fingerprint density at radius 1 is 0.871 bits per heavy atom. The Labute approximate surface area is 190 Å². The van der Waals surface area contributed by atoms with Crippen LogP contribution in [0.3, 0.4) is 0 Å². The topological polar surface area (TPSA) is 73.5 Å². The fourth-order valence-electron chi connectivity index (χ4n) is 3.11. The minimum Gasteiger partial charge on any atom is -0.377 e. The summed E-state index contributed by atoms with van der Waals surface area (Å²) in [5, 5.41) is 8.60. The van der Waals surface area contributed by atoms with E-state index in [4.69, 9.17) is 0 Å². The summed E-state index contributed by atoms with van der Waals surface area (Å²) in [6, 6.07) is 21.8. The van der Waals surface area contributed by atoms with Gasteiger partial charge in [-0.05, 0) is 55.0 Å². The van der Waals surface area contributed by atoms with Gasteiger partial charge in [-0.2, -0.15) is 0 Å². The maximum absolute atomic E-state index is 13.0. The predicted molar refractivity (Wildman–Crippen MR) is 130 cm³/mol. The summed E-state index contributed by atoms with van der Waals surface area (Å²) in [7, 11) is 3.75. The molecule has 31 heavy (non-hydrogen) atoms. The highest BCUT2D eigenvalue weighted by Crippen LogP contribution is 2.24. The second-order valence-corrected chi connectivity index (χ2v) is 8.23. The number of anilines is 3. The standard InChI is InChI=1S/C24H25BrN4O2/c1-16(17-7-5-4-6-8-17)26-23(30)21-15-20(13-14-22(21)29(2)3)28-24(31)27-19-11-9-18(25)10-12-19/h4-16H,1-3H3,(H,26,30)(H2,27,28,31). The molecule has 0 spiro atoms. The van der Waals surface area contributed by atoms with E-state index in [0.717, 1.165) is 15.7 Å². The van der Waals surface area contributed by atoms with Gasteiger partial charge in [0.15, 0.2) is 0 Å². The summed E-state index contributed by atoms with van der Waals surface area (Å²) in [5.41, 5.74) is 3.45. The van der Waals surface area contributed by atoms with Crippen LogP contribution in [0.2, 0.25) is 0 Å². The molecule has 1 atom stereocenters. The molecule has 3 amide bonds. The van der Waals surface area contributed by atoms with E-state index in [0.29, 0.717) is 16.9 Å². The smallest absolute Gasteiger partial charge is 0.323 e. The van der Waals surface area contributed by atoms with Crippen molar-refractivity contribution in [2.45, 2.75) is 13.0 Å². The van der Waals surface area contributed by atoms with Crippen molar-refractivity contribution in [3.8, 4) is 0 Å². The lowest BCUT2D eigenvalue weighted by atomic mass is 10.1. The molecular formula is C24H25BrN4O2. The summed E-state index contributed by atoms with van der Waals surface area (Å²) >= 11 is 3.37. The molecule has 0 aromatic heterocycles. The number of rotatable bonds is 6. The minimum atomic E-state index is -0.385. The molecule has 0 aliphatic heterocycles. The van der Waals surface area contributed by atoms with Gasteiger partial charge in [0, 0.05) is 35.6 Å². The van der Waals surface area contributed by atoms with Gasteiger partial charge >= 0.3 is 6.03 Å². The number of carbonyl (C=O) groups excluding carboxylic acids is 2. The largest absolute Gasteiger partial charge is 0.377 e. The maximum atomic E-state index is 13.0. The summed E-state index contributed by atoms with van der Waals surface area (Å²) in [5.74, 6) is -0.211. The van der Waals surface area contributed by atoms with Crippen molar-refractivity contribution in [3.05, 3.63) is 88.4 Å². The van der Waals surface area contributed by atoms with Crippen LogP contribution < -0.4 is 20.9 Å². The Kier molecular flexibility index (Phi) is 7.31. The molecule has 0 saturated heterocycles. The van der Waals surface area contributed by atoms with Crippen molar-refractivity contribution in [2.75, 3.05) is 29.6 Å². The Hall–Kier alpha value is -3.32. The number of hydrogen-bond acceptors (Lipinski definition) is 3. The fraction of sp³-hybridized carbons (Fsp3) is 0.167. The number of nitrogens with zero attached hydrogens (tertiary/aromatic N) is 1. The second kappa shape index (κ2) is 10.1. The molecule has 0 heterocycles. The first-order valence-electron chi connectivity index (χ1n) is 9.84. The van der Waals surface area contributed by atoms with Crippen molar-refractivity contribution in [3.63, 3.8) is 0 Å². The van der Waals surface area contributed by atoms with Crippen LogP contribution in [0, 0.1) is 0 Å². The Morgan fingerprint density at radius 3 is 2.13 bits per heavy atom. The summed E-state index contributed by atoms with van der Waals surface area (Å²) in [6.07, 6.45) is 0. The number of amides is 3. The fourth-order valence-corrected chi connectivity index (χ4v) is 3.38. The summed E-state index contributed by atoms with van der Waals surface area (Å²) < 4.78 is 0.929. The molecule has 0 radical (unpaired) electrons. The first-order valence-corrected chi connectivity index (χ1v) is 10.6. The molecule has 0 bridgehead atoms. The lowest BCUT2D eigenvalue weighted by molar-refractivity contribution is 0.0940. The maximum Gasteiger partial charge on any atom is 0.323 e. The molecule has 160 valence electrons. The minimum absolute atomic E-state index is 0.152. The number of carbonyl (C=O) groups is 2. The van der Waals surface area contributed by atoms with E-state index in [1.54, 1.807) is 24.3 Å². The number of hydrogen-bond donors (Lipinski definition) is 3. The molecule has 1 unspecified atom stereocenters. The van der Waals surface area contributed by atoms with E-state index in [9.17, 15) is 9.59 Å². The van der Waals surface area contributed by atoms with Crippen molar-refractivity contribution in [2.24, 2.45) is 0 Å². The molecule has 0 saturated carbocycles. The number of nitrogens with one attached hydrogen (secondary N) is 3. The van der Waals surface area contributed by atoms with Crippen LogP contribution in [0.4, 0.5) is 21.9 Å². The predicted octanol–water partition coefficient (Wildman–Crippen LogP) is 5.65. The molecule has 6 nitrogen and oxygen atoms in total. The number of halogens is 1. The molecule has 3 aromatic rings. The number of benzene rings is 3. The Bertz CT molecular complexity index is 1050. The molecule has 3 rings (SSSR count). The highest BCUT2D eigenvalue weighted by atomic mass is 79.9. The van der Waals surface area contributed by atoms with Gasteiger partial charge in [0.05, 0.1) is 11.6 Å². The third-order valence-electron chi connectivity index (χ3n) is 4.73. The lowest BCUT2D eigenvalue weighted by Crippen LogP contribution is -2.28. The van der Waals surface area contributed by atoms with Crippen molar-refractivity contribution < 1.29 is 9.59 Å². The van der Waals surface area contributed by atoms with Crippen LogP contribution in [0.15, 0.2) is 77.3 Å². The second-order valence-electron chi connectivity index (χ2n) is 7.32. The molecule has 0 aliphatic rings. The summed E-state index contributed by atoms with van der Waals surface area (Å²) in [4.78, 5) is 27.3. The van der Waals surface area contributed by atoms with Crippen LogP contribution in [-0.2, 0) is 0 Å². The van der Waals surface area contributed by atoms with Gasteiger partial charge in [0.1, 0.15) is 0 Å². The van der Waals surface area contributed by atoms with Gasteiger partial charge in [0.2, 0.25) is 0 Å². The third kappa shape index (κ3) is 6.08. The zero-order chi connectivity index (χ0) is 22.4. The van der Waals surface area contributed by atoms with Gasteiger partial charge in [-0.25, -0.2) is 4.79 Å². The van der Waals surface area contributed by atoms with E-state index in [-0.39, 0.29) is 18.0 Å². The quantitative estimate of drug-likeness (QED) is 0.426. The van der Waals surface area contributed by atoms with E-state index < -0.39 is 0 Å². The average Bonchev–Trinajstić information content (AvgIpc) is 2.75. The van der Waals surface area contributed by atoms with Crippen molar-refractivity contribution in [1.82, 2.24) is 5.32 Å². The monoisotopic (exact) mass is 480 g/mol. The van der Waals surface area contributed by atoms with E-state index >= 15 is 0 Å². The van der Waals surface area contributed by atoms with Crippen LogP contribution in [0.5, 0.6) is 0 Å². The highest BCUT2D eigenvalue weighted by Gasteiger charge is 2.17. The van der Waals surface area contributed by atoms with Gasteiger partial charge in [-0.1, -0.05) is 46.3 Å². The van der Waals surface area contributed by atoms with E-state index in [1.807, 2.05) is 74.4 Å². The molecule has 0 fully saturated rings. The van der Waals surface area contributed by atoms with Crippen LogP contribution in [-0.4, -0.2) is 26.0 Å². The van der Waals surface area contributed by atoms with E-state index in [1.165, 1.54) is 0 Å². The molecule has 7 heteroatoms. The highest BCUT2D eigenvalue weighted by molar-refractivity contribution is 9.10. The first kappa shape index (κ1) is 22.4. The van der Waals surface area contributed by atoms with Gasteiger partial charge in [-0.3, -0.25) is 4.79 Å². The molecule has 0 aliphatic carbocycles. The Balaban J connectivity index is 1.76. The van der Waals surface area contributed by atoms with Gasteiger partial charge < -0.3 is 20.9 Å². The zero-order valence-corrected chi connectivity index (χ0v) is 19.2. The first-order chi connectivity index (χ1) is 14.8. The summed E-state index contributed by atoms with van der Waals surface area (Å²) in [6.45, 7) is 1.94. The SMILES string of the molecule is CC(NC(=O)c1cc(NC(=O)Nc2ccc(Br)cc2)ccc1N(C)C)c1ccccc1. The van der Waals surface area contributed by atoms with Crippen LogP contribution in [0.25, 0.3) is 0 Å². The molecule has 3 aromatic carbocycles. The van der Waals surface area contributed by atoms with Crippen LogP contribution >= 0.6 is 15.9 Å². The number of urea groups is 1.